The molecule has 0 saturated carbocycles. The molecule has 1 aromatic rings. The van der Waals surface area contributed by atoms with Crippen molar-refractivity contribution >= 4 is 17.6 Å². The number of carbonyl (C=O) groups is 2. The standard InChI is InChI=1S/C16H20N2O4/c1-2-21-16(20)12-13-11-15(19)18(17-13)9-6-10-22-14-7-4-3-5-8-14/h3-5,7-8H,2,6,9-12H2,1H3. The summed E-state index contributed by atoms with van der Waals surface area (Å²) in [5.41, 5.74) is 0.562. The van der Waals surface area contributed by atoms with Gasteiger partial charge in [0.25, 0.3) is 0 Å². The van der Waals surface area contributed by atoms with Gasteiger partial charge in [0.15, 0.2) is 0 Å². The Balaban J connectivity index is 1.72. The number of hydrogen-bond acceptors (Lipinski definition) is 5. The van der Waals surface area contributed by atoms with Gasteiger partial charge < -0.3 is 9.47 Å². The Labute approximate surface area is 129 Å². The highest BCUT2D eigenvalue weighted by atomic mass is 16.5. The number of ether oxygens (including phenoxy) is 2. The fourth-order valence-corrected chi connectivity index (χ4v) is 2.10. The summed E-state index contributed by atoms with van der Waals surface area (Å²) in [6.45, 7) is 3.08. The first-order valence-electron chi connectivity index (χ1n) is 7.39. The van der Waals surface area contributed by atoms with Crippen molar-refractivity contribution in [3.63, 3.8) is 0 Å². The van der Waals surface area contributed by atoms with E-state index in [1.165, 1.54) is 5.01 Å². The number of esters is 1. The summed E-state index contributed by atoms with van der Waals surface area (Å²) in [6, 6.07) is 9.51. The quantitative estimate of drug-likeness (QED) is 0.544. The predicted octanol–water partition coefficient (Wildman–Crippen LogP) is 2.00. The minimum atomic E-state index is -0.344. The topological polar surface area (TPSA) is 68.2 Å². The molecule has 6 nitrogen and oxygen atoms in total. The minimum Gasteiger partial charge on any atom is -0.494 e. The molecule has 0 atom stereocenters. The van der Waals surface area contributed by atoms with Gasteiger partial charge in [-0.05, 0) is 19.1 Å². The first-order chi connectivity index (χ1) is 10.7. The predicted molar refractivity (Wildman–Crippen MR) is 81.6 cm³/mol. The molecule has 0 aliphatic carbocycles. The van der Waals surface area contributed by atoms with E-state index in [2.05, 4.69) is 5.10 Å². The zero-order chi connectivity index (χ0) is 15.8. The van der Waals surface area contributed by atoms with E-state index in [1.807, 2.05) is 30.3 Å². The molecule has 2 rings (SSSR count). The Morgan fingerprint density at radius 2 is 2.09 bits per heavy atom. The summed E-state index contributed by atoms with van der Waals surface area (Å²) in [7, 11) is 0. The van der Waals surface area contributed by atoms with Crippen LogP contribution in [0.3, 0.4) is 0 Å². The molecule has 1 aliphatic heterocycles. The highest BCUT2D eigenvalue weighted by molar-refractivity contribution is 6.10. The fraction of sp³-hybridized carbons (Fsp3) is 0.438. The van der Waals surface area contributed by atoms with Crippen LogP contribution in [0, 0.1) is 0 Å². The summed E-state index contributed by atoms with van der Waals surface area (Å²) < 4.78 is 10.4. The summed E-state index contributed by atoms with van der Waals surface area (Å²) in [5.74, 6) is 0.379. The number of rotatable bonds is 8. The van der Waals surface area contributed by atoms with Crippen LogP contribution in [0.25, 0.3) is 0 Å². The van der Waals surface area contributed by atoms with Gasteiger partial charge in [-0.25, -0.2) is 5.01 Å². The molecule has 1 amide bonds. The maximum atomic E-state index is 11.8. The summed E-state index contributed by atoms with van der Waals surface area (Å²) >= 11 is 0. The first-order valence-corrected chi connectivity index (χ1v) is 7.39. The Morgan fingerprint density at radius 1 is 1.32 bits per heavy atom. The van der Waals surface area contributed by atoms with E-state index >= 15 is 0 Å². The fourth-order valence-electron chi connectivity index (χ4n) is 2.10. The normalized spacial score (nSPS) is 14.0. The van der Waals surface area contributed by atoms with Crippen LogP contribution in [0.2, 0.25) is 0 Å². The Kier molecular flexibility index (Phi) is 5.94. The van der Waals surface area contributed by atoms with Gasteiger partial charge in [0.05, 0.1) is 31.8 Å². The number of hydrogen-bond donors (Lipinski definition) is 0. The molecule has 0 aromatic heterocycles. The van der Waals surface area contributed by atoms with Gasteiger partial charge in [0, 0.05) is 13.0 Å². The molecule has 0 fully saturated rings. The summed E-state index contributed by atoms with van der Waals surface area (Å²) in [4.78, 5) is 23.2. The minimum absolute atomic E-state index is 0.0800. The van der Waals surface area contributed by atoms with Gasteiger partial charge in [-0.15, -0.1) is 0 Å². The lowest BCUT2D eigenvalue weighted by Gasteiger charge is -2.12. The van der Waals surface area contributed by atoms with Crippen LogP contribution in [0.4, 0.5) is 0 Å². The number of amides is 1. The first kappa shape index (κ1) is 16.0. The van der Waals surface area contributed by atoms with Crippen LogP contribution in [0.5, 0.6) is 5.75 Å². The second-order valence-electron chi connectivity index (χ2n) is 4.86. The average Bonchev–Trinajstić information content (AvgIpc) is 2.84. The van der Waals surface area contributed by atoms with Crippen LogP contribution in [0.15, 0.2) is 35.4 Å². The summed E-state index contributed by atoms with van der Waals surface area (Å²) in [5, 5.41) is 5.59. The maximum absolute atomic E-state index is 11.8. The van der Waals surface area contributed by atoms with Gasteiger partial charge in [-0.1, -0.05) is 18.2 Å². The molecule has 1 aliphatic rings. The number of carbonyl (C=O) groups excluding carboxylic acids is 2. The van der Waals surface area contributed by atoms with E-state index in [9.17, 15) is 9.59 Å². The molecule has 0 bridgehead atoms. The Morgan fingerprint density at radius 3 is 2.82 bits per heavy atom. The van der Waals surface area contributed by atoms with Crippen LogP contribution >= 0.6 is 0 Å². The zero-order valence-corrected chi connectivity index (χ0v) is 12.7. The van der Waals surface area contributed by atoms with E-state index in [4.69, 9.17) is 9.47 Å². The molecular formula is C16H20N2O4. The third-order valence-electron chi connectivity index (χ3n) is 3.09. The molecular weight excluding hydrogens is 284 g/mol. The molecule has 0 spiro atoms. The van der Waals surface area contributed by atoms with Gasteiger partial charge in [0.2, 0.25) is 5.91 Å². The number of hydrazone groups is 1. The molecule has 22 heavy (non-hydrogen) atoms. The SMILES string of the molecule is CCOC(=O)CC1=NN(CCCOc2ccccc2)C(=O)C1. The second kappa shape index (κ2) is 8.17. The van der Waals surface area contributed by atoms with Crippen molar-refractivity contribution in [1.29, 1.82) is 0 Å². The molecule has 0 saturated heterocycles. The Hall–Kier alpha value is -2.37. The summed E-state index contributed by atoms with van der Waals surface area (Å²) in [6.07, 6.45) is 0.950. The molecule has 0 N–H and O–H groups in total. The molecule has 1 aromatic carbocycles. The van der Waals surface area contributed by atoms with Gasteiger partial charge in [-0.3, -0.25) is 9.59 Å². The van der Waals surface area contributed by atoms with Crippen molar-refractivity contribution in [3.8, 4) is 5.75 Å². The van der Waals surface area contributed by atoms with Crippen LogP contribution in [-0.2, 0) is 14.3 Å². The van der Waals surface area contributed by atoms with E-state index in [1.54, 1.807) is 6.92 Å². The lowest BCUT2D eigenvalue weighted by molar-refractivity contribution is -0.141. The van der Waals surface area contributed by atoms with Crippen LogP contribution in [0.1, 0.15) is 26.2 Å². The lowest BCUT2D eigenvalue weighted by Crippen LogP contribution is -2.23. The zero-order valence-electron chi connectivity index (χ0n) is 12.7. The van der Waals surface area contributed by atoms with Crippen LogP contribution in [-0.4, -0.2) is 42.4 Å². The van der Waals surface area contributed by atoms with Crippen molar-refractivity contribution in [2.24, 2.45) is 5.10 Å². The monoisotopic (exact) mass is 304 g/mol. The van der Waals surface area contributed by atoms with Crippen molar-refractivity contribution < 1.29 is 19.1 Å². The van der Waals surface area contributed by atoms with E-state index < -0.39 is 0 Å². The van der Waals surface area contributed by atoms with Crippen molar-refractivity contribution in [1.82, 2.24) is 5.01 Å². The number of nitrogens with zero attached hydrogens (tertiary/aromatic N) is 2. The van der Waals surface area contributed by atoms with Gasteiger partial charge >= 0.3 is 5.97 Å². The third-order valence-corrected chi connectivity index (χ3v) is 3.09. The maximum Gasteiger partial charge on any atom is 0.311 e. The van der Waals surface area contributed by atoms with Crippen molar-refractivity contribution in [2.75, 3.05) is 19.8 Å². The highest BCUT2D eigenvalue weighted by Crippen LogP contribution is 2.13. The van der Waals surface area contributed by atoms with Crippen molar-refractivity contribution in [2.45, 2.75) is 26.2 Å². The van der Waals surface area contributed by atoms with Gasteiger partial charge in [-0.2, -0.15) is 5.10 Å². The molecule has 0 unspecified atom stereocenters. The third kappa shape index (κ3) is 4.87. The highest BCUT2D eigenvalue weighted by Gasteiger charge is 2.25. The van der Waals surface area contributed by atoms with Crippen molar-refractivity contribution in [3.05, 3.63) is 30.3 Å². The van der Waals surface area contributed by atoms with Crippen LogP contribution < -0.4 is 4.74 Å². The molecule has 1 heterocycles. The largest absolute Gasteiger partial charge is 0.494 e. The lowest BCUT2D eigenvalue weighted by atomic mass is 10.2. The smallest absolute Gasteiger partial charge is 0.311 e. The van der Waals surface area contributed by atoms with Gasteiger partial charge in [0.1, 0.15) is 5.75 Å². The average molecular weight is 304 g/mol. The van der Waals surface area contributed by atoms with E-state index in [0.29, 0.717) is 31.9 Å². The number of benzene rings is 1. The molecule has 118 valence electrons. The second-order valence-corrected chi connectivity index (χ2v) is 4.86. The molecule has 0 radical (unpaired) electrons. The van der Waals surface area contributed by atoms with E-state index in [-0.39, 0.29) is 24.7 Å². The van der Waals surface area contributed by atoms with E-state index in [0.717, 1.165) is 5.75 Å². The number of para-hydroxylation sites is 1. The Bertz CT molecular complexity index is 542. The molecule has 6 heteroatoms.